The number of nitrogens with one attached hydrogen (secondary N) is 1. The molecule has 0 radical (unpaired) electrons. The highest BCUT2D eigenvalue weighted by atomic mass is 32.2. The SMILES string of the molecule is CS(=O)(=O)N(CC(=O)N/N=C\c1ccc(OC(=O)c2ccccc2)cc1)c1ccc(Oc2ccccc2)cc1. The summed E-state index contributed by atoms with van der Waals surface area (Å²) in [6, 6.07) is 30.7. The van der Waals surface area contributed by atoms with Crippen molar-refractivity contribution >= 4 is 33.8 Å². The number of nitrogens with zero attached hydrogens (tertiary/aromatic N) is 2. The van der Waals surface area contributed by atoms with Gasteiger partial charge in [0, 0.05) is 0 Å². The van der Waals surface area contributed by atoms with E-state index in [-0.39, 0.29) is 0 Å². The predicted molar refractivity (Wildman–Crippen MR) is 149 cm³/mol. The second-order valence-corrected chi connectivity index (χ2v) is 10.2. The van der Waals surface area contributed by atoms with Gasteiger partial charge in [0.15, 0.2) is 0 Å². The molecule has 0 atom stereocenters. The van der Waals surface area contributed by atoms with Crippen molar-refractivity contribution in [3.8, 4) is 17.2 Å². The predicted octanol–water partition coefficient (Wildman–Crippen LogP) is 4.61. The number of hydrazone groups is 1. The van der Waals surface area contributed by atoms with Crippen LogP contribution in [-0.2, 0) is 14.8 Å². The number of para-hydroxylation sites is 1. The topological polar surface area (TPSA) is 114 Å². The van der Waals surface area contributed by atoms with Gasteiger partial charge in [0.25, 0.3) is 5.91 Å². The van der Waals surface area contributed by atoms with Crippen molar-refractivity contribution in [1.29, 1.82) is 0 Å². The van der Waals surface area contributed by atoms with E-state index >= 15 is 0 Å². The largest absolute Gasteiger partial charge is 0.457 e. The Morgan fingerprint density at radius 1 is 0.795 bits per heavy atom. The van der Waals surface area contributed by atoms with E-state index in [0.29, 0.717) is 34.1 Å². The van der Waals surface area contributed by atoms with Crippen molar-refractivity contribution in [1.82, 2.24) is 5.43 Å². The van der Waals surface area contributed by atoms with Crippen LogP contribution >= 0.6 is 0 Å². The first-order valence-corrected chi connectivity index (χ1v) is 13.6. The minimum Gasteiger partial charge on any atom is -0.457 e. The van der Waals surface area contributed by atoms with Crippen LogP contribution < -0.4 is 19.2 Å². The van der Waals surface area contributed by atoms with Crippen LogP contribution in [0.2, 0.25) is 0 Å². The number of benzene rings is 4. The summed E-state index contributed by atoms with van der Waals surface area (Å²) in [7, 11) is -3.76. The van der Waals surface area contributed by atoms with Crippen LogP contribution in [0.3, 0.4) is 0 Å². The van der Waals surface area contributed by atoms with Gasteiger partial charge in [-0.25, -0.2) is 18.6 Å². The number of amides is 1. The fraction of sp³-hybridized carbons (Fsp3) is 0.0690. The molecule has 0 unspecified atom stereocenters. The number of rotatable bonds is 10. The summed E-state index contributed by atoms with van der Waals surface area (Å²) in [4.78, 5) is 24.6. The van der Waals surface area contributed by atoms with Crippen molar-refractivity contribution in [3.63, 3.8) is 0 Å². The fourth-order valence-electron chi connectivity index (χ4n) is 3.41. The smallest absolute Gasteiger partial charge is 0.343 e. The van der Waals surface area contributed by atoms with E-state index in [9.17, 15) is 18.0 Å². The molecule has 0 aliphatic carbocycles. The van der Waals surface area contributed by atoms with Gasteiger partial charge in [0.05, 0.1) is 23.7 Å². The maximum absolute atomic E-state index is 12.5. The Morgan fingerprint density at radius 3 is 1.97 bits per heavy atom. The van der Waals surface area contributed by atoms with Gasteiger partial charge in [-0.3, -0.25) is 9.10 Å². The summed E-state index contributed by atoms with van der Waals surface area (Å²) in [6.45, 7) is -0.469. The molecule has 1 amide bonds. The first-order chi connectivity index (χ1) is 18.8. The maximum Gasteiger partial charge on any atom is 0.343 e. The van der Waals surface area contributed by atoms with Crippen LogP contribution in [0.4, 0.5) is 5.69 Å². The number of hydrogen-bond acceptors (Lipinski definition) is 7. The molecule has 0 saturated heterocycles. The van der Waals surface area contributed by atoms with E-state index in [2.05, 4.69) is 10.5 Å². The number of anilines is 1. The lowest BCUT2D eigenvalue weighted by molar-refractivity contribution is -0.119. The van der Waals surface area contributed by atoms with Crippen molar-refractivity contribution in [2.75, 3.05) is 17.1 Å². The molecular weight excluding hydrogens is 518 g/mol. The molecule has 4 aromatic carbocycles. The molecule has 0 bridgehead atoms. The van der Waals surface area contributed by atoms with E-state index in [4.69, 9.17) is 9.47 Å². The maximum atomic E-state index is 12.5. The third-order valence-electron chi connectivity index (χ3n) is 5.29. The highest BCUT2D eigenvalue weighted by molar-refractivity contribution is 7.92. The average molecular weight is 544 g/mol. The highest BCUT2D eigenvalue weighted by Crippen LogP contribution is 2.25. The summed E-state index contributed by atoms with van der Waals surface area (Å²) in [5.41, 5.74) is 3.70. The fourth-order valence-corrected chi connectivity index (χ4v) is 4.27. The molecule has 39 heavy (non-hydrogen) atoms. The minimum absolute atomic E-state index is 0.303. The summed E-state index contributed by atoms with van der Waals surface area (Å²) in [5, 5.41) is 3.90. The van der Waals surface area contributed by atoms with Crippen LogP contribution in [0.5, 0.6) is 17.2 Å². The molecule has 198 valence electrons. The molecule has 0 fully saturated rings. The molecule has 0 saturated carbocycles. The summed E-state index contributed by atoms with van der Waals surface area (Å²) >= 11 is 0. The van der Waals surface area contributed by atoms with Crippen molar-refractivity contribution in [2.45, 2.75) is 0 Å². The first-order valence-electron chi connectivity index (χ1n) is 11.8. The average Bonchev–Trinajstić information content (AvgIpc) is 2.94. The molecular formula is C29H25N3O6S. The van der Waals surface area contributed by atoms with Crippen LogP contribution in [0.25, 0.3) is 0 Å². The molecule has 0 aromatic heterocycles. The lowest BCUT2D eigenvalue weighted by Gasteiger charge is -2.21. The number of hydrogen-bond donors (Lipinski definition) is 1. The number of carbonyl (C=O) groups excluding carboxylic acids is 2. The minimum atomic E-state index is -3.76. The Labute approximate surface area is 226 Å². The Bertz CT molecular complexity index is 1540. The van der Waals surface area contributed by atoms with Gasteiger partial charge < -0.3 is 9.47 Å². The van der Waals surface area contributed by atoms with Gasteiger partial charge in [-0.05, 0) is 78.4 Å². The van der Waals surface area contributed by atoms with E-state index in [1.54, 1.807) is 84.9 Å². The Morgan fingerprint density at radius 2 is 1.36 bits per heavy atom. The van der Waals surface area contributed by atoms with Gasteiger partial charge in [-0.15, -0.1) is 0 Å². The van der Waals surface area contributed by atoms with Crippen molar-refractivity contribution < 1.29 is 27.5 Å². The monoisotopic (exact) mass is 543 g/mol. The molecule has 0 heterocycles. The Hall–Kier alpha value is -4.96. The molecule has 1 N–H and O–H groups in total. The van der Waals surface area contributed by atoms with Gasteiger partial charge in [-0.1, -0.05) is 36.4 Å². The standard InChI is InChI=1S/C29H25N3O6S/c1-39(35,36)32(24-14-18-26(19-15-24)37-25-10-6-3-7-11-25)21-28(33)31-30-20-22-12-16-27(17-13-22)38-29(34)23-8-4-2-5-9-23/h2-20H,21H2,1H3,(H,31,33)/b30-20-. The van der Waals surface area contributed by atoms with Crippen molar-refractivity contribution in [3.05, 3.63) is 120 Å². The summed E-state index contributed by atoms with van der Waals surface area (Å²) in [6.07, 6.45) is 2.41. The second kappa shape index (κ2) is 12.5. The van der Waals surface area contributed by atoms with Gasteiger partial charge >= 0.3 is 5.97 Å². The lowest BCUT2D eigenvalue weighted by Crippen LogP contribution is -2.38. The lowest BCUT2D eigenvalue weighted by atomic mass is 10.2. The molecule has 9 nitrogen and oxygen atoms in total. The molecule has 0 aliphatic rings. The third kappa shape index (κ3) is 8.01. The zero-order valence-electron chi connectivity index (χ0n) is 20.9. The number of carbonyl (C=O) groups is 2. The van der Waals surface area contributed by atoms with Gasteiger partial charge in [0.1, 0.15) is 23.8 Å². The van der Waals surface area contributed by atoms with Crippen LogP contribution in [-0.4, -0.2) is 39.3 Å². The normalized spacial score (nSPS) is 11.1. The molecule has 4 aromatic rings. The number of esters is 1. The van der Waals surface area contributed by atoms with E-state index in [1.165, 1.54) is 6.21 Å². The molecule has 0 spiro atoms. The van der Waals surface area contributed by atoms with E-state index in [1.807, 2.05) is 24.3 Å². The zero-order chi connectivity index (χ0) is 27.7. The number of ether oxygens (including phenoxy) is 2. The van der Waals surface area contributed by atoms with Crippen LogP contribution in [0.1, 0.15) is 15.9 Å². The quantitative estimate of drug-likeness (QED) is 0.135. The Kier molecular flexibility index (Phi) is 8.70. The third-order valence-corrected chi connectivity index (χ3v) is 6.43. The van der Waals surface area contributed by atoms with Crippen LogP contribution in [0.15, 0.2) is 114 Å². The summed E-state index contributed by atoms with van der Waals surface area (Å²) in [5.74, 6) is 0.417. The van der Waals surface area contributed by atoms with Crippen LogP contribution in [0, 0.1) is 0 Å². The van der Waals surface area contributed by atoms with Crippen molar-refractivity contribution in [2.24, 2.45) is 5.10 Å². The first kappa shape index (κ1) is 27.1. The van der Waals surface area contributed by atoms with Gasteiger partial charge in [-0.2, -0.15) is 5.10 Å². The molecule has 4 rings (SSSR count). The highest BCUT2D eigenvalue weighted by Gasteiger charge is 2.21. The molecule has 0 aliphatic heterocycles. The van der Waals surface area contributed by atoms with E-state index in [0.717, 1.165) is 10.6 Å². The summed E-state index contributed by atoms with van der Waals surface area (Å²) < 4.78 is 36.8. The Balaban J connectivity index is 1.32. The second-order valence-electron chi connectivity index (χ2n) is 8.30. The zero-order valence-corrected chi connectivity index (χ0v) is 21.7. The number of sulfonamides is 1. The van der Waals surface area contributed by atoms with Gasteiger partial charge in [0.2, 0.25) is 10.0 Å². The van der Waals surface area contributed by atoms with E-state index < -0.39 is 28.4 Å². The molecule has 10 heteroatoms.